The Morgan fingerprint density at radius 2 is 0.612 bits per heavy atom. The van der Waals surface area contributed by atoms with Crippen molar-refractivity contribution in [2.75, 3.05) is 6.61 Å². The first-order valence-corrected chi connectivity index (χ1v) is 31.0. The molecule has 0 aromatic rings. The third-order valence-electron chi connectivity index (χ3n) is 14.7. The minimum atomic E-state index is -0.658. The molecule has 0 aliphatic carbocycles. The van der Waals surface area contributed by atoms with Gasteiger partial charge in [0.2, 0.25) is 5.91 Å². The van der Waals surface area contributed by atoms with Gasteiger partial charge < -0.3 is 15.5 Å². The molecule has 0 spiro atoms. The number of hydrogen-bond acceptors (Lipinski definition) is 3. The molecule has 3 N–H and O–H groups in total. The molecule has 0 rings (SSSR count). The highest BCUT2D eigenvalue weighted by atomic mass is 16.3. The predicted octanol–water partition coefficient (Wildman–Crippen LogP) is 20.7. The lowest BCUT2D eigenvalue weighted by atomic mass is 10.0. The molecule has 0 aromatic heterocycles. The number of aliphatic hydroxyl groups excluding tert-OH is 2. The van der Waals surface area contributed by atoms with Gasteiger partial charge in [-0.2, -0.15) is 0 Å². The van der Waals surface area contributed by atoms with Crippen LogP contribution in [0.5, 0.6) is 0 Å². The van der Waals surface area contributed by atoms with Crippen molar-refractivity contribution < 1.29 is 15.0 Å². The minimum absolute atomic E-state index is 0.0232. The normalized spacial score (nSPS) is 12.8. The molecule has 0 aromatic carbocycles. The lowest BCUT2D eigenvalue weighted by Crippen LogP contribution is -2.45. The van der Waals surface area contributed by atoms with Crippen molar-refractivity contribution in [3.63, 3.8) is 0 Å². The number of hydrogen-bond donors (Lipinski definition) is 3. The molecule has 0 heterocycles. The van der Waals surface area contributed by atoms with Gasteiger partial charge in [-0.15, -0.1) is 0 Å². The maximum atomic E-state index is 12.5. The highest BCUT2D eigenvalue weighted by molar-refractivity contribution is 5.76. The van der Waals surface area contributed by atoms with Gasteiger partial charge in [0.1, 0.15) is 0 Å². The van der Waals surface area contributed by atoms with E-state index >= 15 is 0 Å². The van der Waals surface area contributed by atoms with Crippen LogP contribution in [0.15, 0.2) is 24.3 Å². The van der Waals surface area contributed by atoms with Crippen molar-refractivity contribution >= 4 is 5.91 Å². The first-order valence-electron chi connectivity index (χ1n) is 31.0. The van der Waals surface area contributed by atoms with Crippen molar-refractivity contribution in [2.24, 2.45) is 0 Å². The zero-order valence-corrected chi connectivity index (χ0v) is 46.0. The van der Waals surface area contributed by atoms with E-state index in [1.165, 1.54) is 295 Å². The number of unbranched alkanes of at least 4 members (excludes halogenated alkanes) is 47. The summed E-state index contributed by atoms with van der Waals surface area (Å²) >= 11 is 0. The van der Waals surface area contributed by atoms with Crippen LogP contribution in [-0.4, -0.2) is 34.9 Å². The topological polar surface area (TPSA) is 69.6 Å². The molecule has 0 aliphatic heterocycles. The summed E-state index contributed by atoms with van der Waals surface area (Å²) in [7, 11) is 0. The summed E-state index contributed by atoms with van der Waals surface area (Å²) < 4.78 is 0. The van der Waals surface area contributed by atoms with Gasteiger partial charge in [0.15, 0.2) is 0 Å². The smallest absolute Gasteiger partial charge is 0.220 e. The fourth-order valence-corrected chi connectivity index (χ4v) is 9.98. The monoisotopic (exact) mass is 942 g/mol. The van der Waals surface area contributed by atoms with Gasteiger partial charge in [0.25, 0.3) is 0 Å². The van der Waals surface area contributed by atoms with Crippen LogP contribution < -0.4 is 5.32 Å². The Balaban J connectivity index is 3.39. The lowest BCUT2D eigenvalue weighted by Gasteiger charge is -2.22. The molecule has 1 amide bonds. The maximum Gasteiger partial charge on any atom is 0.220 e. The SMILES string of the molecule is CCCCCCC/C=C\C/C=C\CCCCCCCCCCCCCCCCCCCCCCCC(=O)NC(CO)C(O)CCCCCCCCCCCCCCCCCCCCCCCC. The van der Waals surface area contributed by atoms with E-state index in [1.54, 1.807) is 0 Å². The van der Waals surface area contributed by atoms with Crippen molar-refractivity contribution in [3.05, 3.63) is 24.3 Å². The third kappa shape index (κ3) is 55.7. The zero-order valence-electron chi connectivity index (χ0n) is 46.0. The standard InChI is InChI=1S/C63H123NO3/c1-3-5-7-9-11-13-15-17-19-21-23-25-27-28-29-30-31-32-33-34-35-36-37-39-41-43-45-47-49-51-53-55-57-59-63(67)64-61(60-65)62(66)58-56-54-52-50-48-46-44-42-40-38-26-24-22-20-18-16-14-12-10-8-6-4-2/h15,17,21,23,61-62,65-66H,3-14,16,18-20,22,24-60H2,1-2H3,(H,64,67)/b17-15-,23-21-. The average Bonchev–Trinajstić information content (AvgIpc) is 3.33. The number of amides is 1. The molecule has 398 valence electrons. The van der Waals surface area contributed by atoms with Gasteiger partial charge in [-0.1, -0.05) is 327 Å². The van der Waals surface area contributed by atoms with E-state index < -0.39 is 12.1 Å². The molecule has 2 unspecified atom stereocenters. The van der Waals surface area contributed by atoms with Crippen LogP contribution in [0, 0.1) is 0 Å². The Kier molecular flexibility index (Phi) is 58.2. The van der Waals surface area contributed by atoms with Crippen LogP contribution in [0.25, 0.3) is 0 Å². The van der Waals surface area contributed by atoms with Crippen molar-refractivity contribution in [2.45, 2.75) is 366 Å². The first kappa shape index (κ1) is 65.9. The Morgan fingerprint density at radius 3 is 0.896 bits per heavy atom. The van der Waals surface area contributed by atoms with Crippen LogP contribution in [0.1, 0.15) is 354 Å². The highest BCUT2D eigenvalue weighted by Crippen LogP contribution is 2.18. The molecule has 0 bridgehead atoms. The number of carbonyl (C=O) groups is 1. The van der Waals surface area contributed by atoms with E-state index in [2.05, 4.69) is 43.5 Å². The second kappa shape index (κ2) is 59.2. The summed E-state index contributed by atoms with van der Waals surface area (Å²) in [6, 6.07) is -0.534. The Labute approximate surface area is 421 Å². The van der Waals surface area contributed by atoms with Gasteiger partial charge in [0, 0.05) is 6.42 Å². The second-order valence-corrected chi connectivity index (χ2v) is 21.5. The van der Waals surface area contributed by atoms with E-state index in [4.69, 9.17) is 0 Å². The fraction of sp³-hybridized carbons (Fsp3) is 0.921. The van der Waals surface area contributed by atoms with E-state index in [-0.39, 0.29) is 12.5 Å². The minimum Gasteiger partial charge on any atom is -0.394 e. The maximum absolute atomic E-state index is 12.5. The number of aliphatic hydroxyl groups is 2. The quantitative estimate of drug-likeness (QED) is 0.0420. The van der Waals surface area contributed by atoms with E-state index in [0.29, 0.717) is 12.8 Å². The second-order valence-electron chi connectivity index (χ2n) is 21.5. The van der Waals surface area contributed by atoms with Crippen molar-refractivity contribution in [1.29, 1.82) is 0 Å². The average molecular weight is 943 g/mol. The third-order valence-corrected chi connectivity index (χ3v) is 14.7. The van der Waals surface area contributed by atoms with Crippen molar-refractivity contribution in [3.8, 4) is 0 Å². The molecule has 67 heavy (non-hydrogen) atoms. The number of nitrogens with one attached hydrogen (secondary N) is 1. The van der Waals surface area contributed by atoms with Crippen molar-refractivity contribution in [1.82, 2.24) is 5.32 Å². The summed E-state index contributed by atoms with van der Waals surface area (Å²) in [6.45, 7) is 4.39. The first-order chi connectivity index (χ1) is 33.2. The summed E-state index contributed by atoms with van der Waals surface area (Å²) in [4.78, 5) is 12.5. The van der Waals surface area contributed by atoms with Gasteiger partial charge in [-0.05, 0) is 44.9 Å². The highest BCUT2D eigenvalue weighted by Gasteiger charge is 2.20. The van der Waals surface area contributed by atoms with Crippen LogP contribution in [0.2, 0.25) is 0 Å². The lowest BCUT2D eigenvalue weighted by molar-refractivity contribution is -0.123. The molecule has 4 heteroatoms. The Morgan fingerprint density at radius 1 is 0.358 bits per heavy atom. The molecule has 0 fully saturated rings. The van der Waals surface area contributed by atoms with Gasteiger partial charge in [-0.25, -0.2) is 0 Å². The predicted molar refractivity (Wildman–Crippen MR) is 299 cm³/mol. The molecule has 0 saturated heterocycles. The van der Waals surface area contributed by atoms with Crippen LogP contribution in [0.4, 0.5) is 0 Å². The largest absolute Gasteiger partial charge is 0.394 e. The summed E-state index contributed by atoms with van der Waals surface area (Å²) in [6.07, 6.45) is 79.1. The van der Waals surface area contributed by atoms with Gasteiger partial charge in [0.05, 0.1) is 18.8 Å². The summed E-state index contributed by atoms with van der Waals surface area (Å²) in [5, 5.41) is 23.4. The van der Waals surface area contributed by atoms with Crippen LogP contribution in [0.3, 0.4) is 0 Å². The molecule has 0 radical (unpaired) electrons. The van der Waals surface area contributed by atoms with Gasteiger partial charge in [-0.3, -0.25) is 4.79 Å². The summed E-state index contributed by atoms with van der Waals surface area (Å²) in [5.74, 6) is -0.0232. The molecule has 4 nitrogen and oxygen atoms in total. The van der Waals surface area contributed by atoms with E-state index in [9.17, 15) is 15.0 Å². The molecule has 0 saturated carbocycles. The van der Waals surface area contributed by atoms with Crippen LogP contribution >= 0.6 is 0 Å². The molecular formula is C63H123NO3. The summed E-state index contributed by atoms with van der Waals surface area (Å²) in [5.41, 5.74) is 0. The zero-order chi connectivity index (χ0) is 48.5. The molecular weight excluding hydrogens is 819 g/mol. The van der Waals surface area contributed by atoms with E-state index in [1.807, 2.05) is 0 Å². The molecule has 0 aliphatic rings. The van der Waals surface area contributed by atoms with E-state index in [0.717, 1.165) is 32.1 Å². The Bertz CT molecular complexity index is 978. The number of rotatable bonds is 58. The number of allylic oxidation sites excluding steroid dienone is 4. The van der Waals surface area contributed by atoms with Gasteiger partial charge >= 0.3 is 0 Å². The Hall–Kier alpha value is -1.13. The fourth-order valence-electron chi connectivity index (χ4n) is 9.98. The molecule has 2 atom stereocenters. The number of carbonyl (C=O) groups excluding carboxylic acids is 1. The van der Waals surface area contributed by atoms with Crippen LogP contribution in [-0.2, 0) is 4.79 Å².